The SMILES string of the molecule is CC(C)C1=C2[C@H]3CC[C@@H]4[C@@]5(C)CC[C@H](OC(=O)CC(C)(C)C(=O)O)C(C)(C)[C@@H]5CC[C@@]4(C)[C@]3(C)CC[C@@]2(NC(=O)CC(C)(C)C(=O)O)CC1=O. The minimum atomic E-state index is -1.21. The Balaban J connectivity index is 1.45. The molecule has 0 aromatic heterocycles. The number of esters is 1. The van der Waals surface area contributed by atoms with Gasteiger partial charge in [-0.15, -0.1) is 0 Å². The van der Waals surface area contributed by atoms with Crippen molar-refractivity contribution in [3.05, 3.63) is 11.1 Å². The first kappa shape index (κ1) is 38.5. The maximum atomic E-state index is 13.9. The zero-order chi connectivity index (χ0) is 37.6. The van der Waals surface area contributed by atoms with Gasteiger partial charge in [0.25, 0.3) is 0 Å². The fourth-order valence-corrected chi connectivity index (χ4v) is 12.4. The van der Waals surface area contributed by atoms with Gasteiger partial charge in [-0.25, -0.2) is 0 Å². The number of carboxylic acid groups (broad SMARTS) is 2. The fraction of sp³-hybridized carbons (Fsp3) is 0.829. The van der Waals surface area contributed by atoms with Crippen LogP contribution >= 0.6 is 0 Å². The highest BCUT2D eigenvalue weighted by Gasteiger charge is 2.70. The Kier molecular flexibility index (Phi) is 9.38. The number of Topliss-reactive ketones (excluding diaryl/α,β-unsaturated/α-hetero) is 1. The minimum absolute atomic E-state index is 0.0135. The van der Waals surface area contributed by atoms with Gasteiger partial charge in [-0.1, -0.05) is 48.5 Å². The van der Waals surface area contributed by atoms with E-state index in [0.29, 0.717) is 18.3 Å². The van der Waals surface area contributed by atoms with Gasteiger partial charge in [-0.3, -0.25) is 24.0 Å². The molecule has 5 aliphatic rings. The first-order chi connectivity index (χ1) is 22.8. The predicted octanol–water partition coefficient (Wildman–Crippen LogP) is 7.75. The molecular formula is C41H63NO8. The second-order valence-corrected chi connectivity index (χ2v) is 19.9. The molecule has 0 radical (unpaired) electrons. The molecule has 0 aromatic rings. The van der Waals surface area contributed by atoms with Gasteiger partial charge < -0.3 is 20.3 Å². The van der Waals surface area contributed by atoms with E-state index in [4.69, 9.17) is 4.74 Å². The van der Waals surface area contributed by atoms with Crippen molar-refractivity contribution in [1.82, 2.24) is 5.32 Å². The van der Waals surface area contributed by atoms with Crippen molar-refractivity contribution in [3.8, 4) is 0 Å². The maximum absolute atomic E-state index is 13.9. The average Bonchev–Trinajstić information content (AvgIpc) is 3.25. The van der Waals surface area contributed by atoms with Crippen molar-refractivity contribution < 1.29 is 38.9 Å². The van der Waals surface area contributed by atoms with Gasteiger partial charge in [0.1, 0.15) is 6.10 Å². The standard InChI is InChI=1S/C41H63NO8/c1-23(2)31-25(43)20-41(42-29(44)21-35(3,4)33(46)47)19-18-39(10)24(32(31)41)12-13-27-38(9)16-15-28(50-30(45)22-36(5,6)34(48)49)37(7,8)26(38)14-17-40(27,39)11/h23-24,26-28H,12-22H2,1-11H3,(H,42,44)(H,46,47)(H,48,49)/t24-,26+,27-,28+,38+,39-,40-,41-/m1/s1. The summed E-state index contributed by atoms with van der Waals surface area (Å²) in [4.78, 5) is 64.1. The topological polar surface area (TPSA) is 147 Å². The number of hydrogen-bond acceptors (Lipinski definition) is 6. The number of rotatable bonds is 9. The minimum Gasteiger partial charge on any atom is -0.481 e. The molecular weight excluding hydrogens is 634 g/mol. The van der Waals surface area contributed by atoms with Gasteiger partial charge in [0.2, 0.25) is 5.91 Å². The number of allylic oxidation sites excluding steroid dienone is 1. The molecule has 8 atom stereocenters. The molecule has 0 aromatic carbocycles. The zero-order valence-electron chi connectivity index (χ0n) is 32.5. The molecule has 0 aliphatic heterocycles. The predicted molar refractivity (Wildman–Crippen MR) is 190 cm³/mol. The summed E-state index contributed by atoms with van der Waals surface area (Å²) in [5, 5.41) is 22.6. The molecule has 0 heterocycles. The first-order valence-corrected chi connectivity index (χ1v) is 19.0. The Morgan fingerprint density at radius 2 is 1.40 bits per heavy atom. The molecule has 50 heavy (non-hydrogen) atoms. The average molecular weight is 698 g/mol. The highest BCUT2D eigenvalue weighted by Crippen LogP contribution is 2.76. The molecule has 4 saturated carbocycles. The zero-order valence-corrected chi connectivity index (χ0v) is 32.5. The van der Waals surface area contributed by atoms with E-state index < -0.39 is 34.3 Å². The smallest absolute Gasteiger partial charge is 0.309 e. The van der Waals surface area contributed by atoms with Crippen LogP contribution in [0.1, 0.15) is 147 Å². The largest absolute Gasteiger partial charge is 0.481 e. The van der Waals surface area contributed by atoms with Crippen LogP contribution < -0.4 is 5.32 Å². The summed E-state index contributed by atoms with van der Waals surface area (Å²) in [7, 11) is 0. The van der Waals surface area contributed by atoms with Gasteiger partial charge in [0.15, 0.2) is 5.78 Å². The molecule has 0 spiro atoms. The van der Waals surface area contributed by atoms with Crippen LogP contribution in [0.5, 0.6) is 0 Å². The van der Waals surface area contributed by atoms with Gasteiger partial charge in [0, 0.05) is 18.3 Å². The van der Waals surface area contributed by atoms with Crippen LogP contribution in [-0.2, 0) is 28.7 Å². The van der Waals surface area contributed by atoms with E-state index in [1.165, 1.54) is 0 Å². The number of aliphatic carboxylic acids is 2. The Morgan fingerprint density at radius 3 is 1.98 bits per heavy atom. The molecule has 4 fully saturated rings. The monoisotopic (exact) mass is 697 g/mol. The first-order valence-electron chi connectivity index (χ1n) is 19.0. The van der Waals surface area contributed by atoms with Crippen LogP contribution in [0.4, 0.5) is 0 Å². The van der Waals surface area contributed by atoms with Crippen LogP contribution in [0.3, 0.4) is 0 Å². The summed E-state index contributed by atoms with van der Waals surface area (Å²) in [6, 6.07) is 0. The van der Waals surface area contributed by atoms with Crippen LogP contribution in [0, 0.1) is 56.2 Å². The van der Waals surface area contributed by atoms with E-state index >= 15 is 0 Å². The number of carboxylic acids is 2. The molecule has 0 unspecified atom stereocenters. The van der Waals surface area contributed by atoms with E-state index in [-0.39, 0.29) is 70.6 Å². The highest BCUT2D eigenvalue weighted by atomic mass is 16.5. The van der Waals surface area contributed by atoms with Crippen molar-refractivity contribution in [2.45, 2.75) is 158 Å². The maximum Gasteiger partial charge on any atom is 0.309 e. The number of carbonyl (C=O) groups excluding carboxylic acids is 3. The number of ketones is 1. The Labute approximate surface area is 299 Å². The number of ether oxygens (including phenoxy) is 1. The quantitative estimate of drug-likeness (QED) is 0.207. The van der Waals surface area contributed by atoms with E-state index in [2.05, 4.69) is 53.8 Å². The molecule has 9 nitrogen and oxygen atoms in total. The van der Waals surface area contributed by atoms with Crippen molar-refractivity contribution in [1.29, 1.82) is 0 Å². The van der Waals surface area contributed by atoms with E-state index in [1.54, 1.807) is 27.7 Å². The molecule has 1 amide bonds. The molecule has 5 aliphatic carbocycles. The summed E-state index contributed by atoms with van der Waals surface area (Å²) in [5.41, 5.74) is -1.56. The summed E-state index contributed by atoms with van der Waals surface area (Å²) in [6.45, 7) is 22.3. The van der Waals surface area contributed by atoms with Gasteiger partial charge in [-0.05, 0) is 130 Å². The summed E-state index contributed by atoms with van der Waals surface area (Å²) in [6.07, 6.45) is 6.83. The Bertz CT molecular complexity index is 1500. The number of hydrogen-bond donors (Lipinski definition) is 3. The molecule has 5 rings (SSSR count). The molecule has 3 N–H and O–H groups in total. The third-order valence-corrected chi connectivity index (χ3v) is 15.4. The molecule has 280 valence electrons. The second-order valence-electron chi connectivity index (χ2n) is 19.9. The third kappa shape index (κ3) is 5.75. The van der Waals surface area contributed by atoms with Crippen molar-refractivity contribution >= 4 is 29.6 Å². The lowest BCUT2D eigenvalue weighted by atomic mass is 9.33. The summed E-state index contributed by atoms with van der Waals surface area (Å²) in [5.74, 6) is -1.77. The lowest BCUT2D eigenvalue weighted by Crippen LogP contribution is -2.67. The van der Waals surface area contributed by atoms with E-state index in [1.807, 2.05) is 0 Å². The lowest BCUT2D eigenvalue weighted by Gasteiger charge is -2.72. The summed E-state index contributed by atoms with van der Waals surface area (Å²) < 4.78 is 6.12. The van der Waals surface area contributed by atoms with Crippen LogP contribution in [0.15, 0.2) is 11.1 Å². The van der Waals surface area contributed by atoms with Crippen LogP contribution in [0.25, 0.3) is 0 Å². The lowest BCUT2D eigenvalue weighted by molar-refractivity contribution is -0.232. The Morgan fingerprint density at radius 1 is 0.800 bits per heavy atom. The van der Waals surface area contributed by atoms with Gasteiger partial charge in [-0.2, -0.15) is 0 Å². The normalized spacial score (nSPS) is 38.0. The molecule has 0 saturated heterocycles. The highest BCUT2D eigenvalue weighted by molar-refractivity contribution is 6.02. The molecule has 9 heteroatoms. The number of fused-ring (bicyclic) bond motifs is 7. The van der Waals surface area contributed by atoms with Crippen molar-refractivity contribution in [2.75, 3.05) is 0 Å². The van der Waals surface area contributed by atoms with E-state index in [9.17, 15) is 34.2 Å². The fourth-order valence-electron chi connectivity index (χ4n) is 12.4. The van der Waals surface area contributed by atoms with Crippen molar-refractivity contribution in [2.24, 2.45) is 56.2 Å². The van der Waals surface area contributed by atoms with Gasteiger partial charge in [0.05, 0.1) is 22.8 Å². The molecule has 0 bridgehead atoms. The van der Waals surface area contributed by atoms with Gasteiger partial charge >= 0.3 is 17.9 Å². The Hall–Kier alpha value is -2.71. The van der Waals surface area contributed by atoms with Crippen LogP contribution in [-0.4, -0.2) is 51.5 Å². The number of carbonyl (C=O) groups is 5. The van der Waals surface area contributed by atoms with E-state index in [0.717, 1.165) is 56.1 Å². The summed E-state index contributed by atoms with van der Waals surface area (Å²) >= 11 is 0. The van der Waals surface area contributed by atoms with Crippen molar-refractivity contribution in [3.63, 3.8) is 0 Å². The van der Waals surface area contributed by atoms with Crippen LogP contribution in [0.2, 0.25) is 0 Å². The second kappa shape index (κ2) is 12.2. The third-order valence-electron chi connectivity index (χ3n) is 15.4. The number of amides is 1. The number of nitrogens with one attached hydrogen (secondary N) is 1.